The number of benzene rings is 1. The number of nitrogens with zero attached hydrogens (tertiary/aromatic N) is 1. The Balaban J connectivity index is 2.19. The Kier molecular flexibility index (Phi) is 3.28. The molecule has 0 fully saturated rings. The molecule has 0 bridgehead atoms. The third-order valence-corrected chi connectivity index (χ3v) is 2.95. The van der Waals surface area contributed by atoms with Crippen LogP contribution in [0.2, 0.25) is 0 Å². The van der Waals surface area contributed by atoms with Crippen LogP contribution in [0.1, 0.15) is 24.1 Å². The van der Waals surface area contributed by atoms with Crippen LogP contribution in [0.3, 0.4) is 0 Å². The third kappa shape index (κ3) is 2.56. The molecule has 17 heavy (non-hydrogen) atoms. The van der Waals surface area contributed by atoms with Gasteiger partial charge in [-0.15, -0.1) is 0 Å². The number of hydrogen-bond acceptors (Lipinski definition) is 3. The maximum atomic E-state index is 5.89. The molecule has 0 aliphatic carbocycles. The van der Waals surface area contributed by atoms with E-state index < -0.39 is 0 Å². The second kappa shape index (κ2) is 4.87. The summed E-state index contributed by atoms with van der Waals surface area (Å²) < 4.78 is 0. The number of hydrogen-bond donors (Lipinski definition) is 2. The molecule has 1 atom stereocenters. The van der Waals surface area contributed by atoms with Crippen molar-refractivity contribution in [1.29, 1.82) is 0 Å². The van der Waals surface area contributed by atoms with Gasteiger partial charge in [-0.05, 0) is 49.2 Å². The van der Waals surface area contributed by atoms with E-state index in [1.807, 2.05) is 37.3 Å². The van der Waals surface area contributed by atoms with Gasteiger partial charge in [-0.2, -0.15) is 0 Å². The molecule has 0 amide bonds. The second-order valence-electron chi connectivity index (χ2n) is 4.17. The molecular formula is C14H17N3. The van der Waals surface area contributed by atoms with Gasteiger partial charge < -0.3 is 11.1 Å². The molecule has 3 heteroatoms. The topological polar surface area (TPSA) is 50.9 Å². The fourth-order valence-electron chi connectivity index (χ4n) is 1.78. The van der Waals surface area contributed by atoms with Crippen molar-refractivity contribution in [2.75, 3.05) is 11.1 Å². The van der Waals surface area contributed by atoms with Gasteiger partial charge in [-0.1, -0.05) is 6.07 Å². The first-order chi connectivity index (χ1) is 8.18. The van der Waals surface area contributed by atoms with Crippen LogP contribution in [-0.2, 0) is 0 Å². The molecule has 0 saturated heterocycles. The largest absolute Gasteiger partial charge is 0.398 e. The van der Waals surface area contributed by atoms with E-state index >= 15 is 0 Å². The zero-order valence-electron chi connectivity index (χ0n) is 10.1. The van der Waals surface area contributed by atoms with Gasteiger partial charge in [0.05, 0.1) is 0 Å². The first-order valence-electron chi connectivity index (χ1n) is 5.70. The summed E-state index contributed by atoms with van der Waals surface area (Å²) in [6.07, 6.45) is 3.61. The maximum Gasteiger partial charge on any atom is 0.0486 e. The Hall–Kier alpha value is -2.03. The standard InChI is InChI=1S/C14H17N3/c1-10-13(15)4-3-5-14(10)17-11(2)12-6-8-16-9-7-12/h3-9,11,17H,15H2,1-2H3. The summed E-state index contributed by atoms with van der Waals surface area (Å²) in [6, 6.07) is 10.2. The van der Waals surface area contributed by atoms with E-state index in [4.69, 9.17) is 5.73 Å². The lowest BCUT2D eigenvalue weighted by Gasteiger charge is -2.18. The number of pyridine rings is 1. The molecule has 0 radical (unpaired) electrons. The van der Waals surface area contributed by atoms with Gasteiger partial charge in [0.2, 0.25) is 0 Å². The lowest BCUT2D eigenvalue weighted by Crippen LogP contribution is -2.08. The highest BCUT2D eigenvalue weighted by Gasteiger charge is 2.07. The van der Waals surface area contributed by atoms with Crippen molar-refractivity contribution in [3.63, 3.8) is 0 Å². The summed E-state index contributed by atoms with van der Waals surface area (Å²) in [7, 11) is 0. The Labute approximate surface area is 102 Å². The lowest BCUT2D eigenvalue weighted by molar-refractivity contribution is 0.879. The molecule has 88 valence electrons. The normalized spacial score (nSPS) is 12.1. The molecule has 1 heterocycles. The summed E-state index contributed by atoms with van der Waals surface area (Å²) >= 11 is 0. The average Bonchev–Trinajstić information content (AvgIpc) is 2.36. The number of nitrogen functional groups attached to an aromatic ring is 1. The van der Waals surface area contributed by atoms with Crippen LogP contribution >= 0.6 is 0 Å². The molecule has 3 N–H and O–H groups in total. The van der Waals surface area contributed by atoms with Crippen molar-refractivity contribution in [3.05, 3.63) is 53.9 Å². The van der Waals surface area contributed by atoms with Crippen molar-refractivity contribution in [2.45, 2.75) is 19.9 Å². The fraction of sp³-hybridized carbons (Fsp3) is 0.214. The van der Waals surface area contributed by atoms with Crippen LogP contribution in [0.5, 0.6) is 0 Å². The van der Waals surface area contributed by atoms with Gasteiger partial charge >= 0.3 is 0 Å². The molecule has 3 nitrogen and oxygen atoms in total. The number of anilines is 2. The van der Waals surface area contributed by atoms with Crippen molar-refractivity contribution in [1.82, 2.24) is 4.98 Å². The first-order valence-corrected chi connectivity index (χ1v) is 5.70. The molecular weight excluding hydrogens is 210 g/mol. The highest BCUT2D eigenvalue weighted by atomic mass is 14.9. The number of rotatable bonds is 3. The third-order valence-electron chi connectivity index (χ3n) is 2.95. The van der Waals surface area contributed by atoms with E-state index in [1.165, 1.54) is 5.56 Å². The Morgan fingerprint density at radius 1 is 1.18 bits per heavy atom. The van der Waals surface area contributed by atoms with Crippen LogP contribution in [0.4, 0.5) is 11.4 Å². The van der Waals surface area contributed by atoms with Gasteiger partial charge in [-0.25, -0.2) is 0 Å². The first kappa shape index (κ1) is 11.5. The van der Waals surface area contributed by atoms with Crippen LogP contribution in [0, 0.1) is 6.92 Å². The van der Waals surface area contributed by atoms with Crippen molar-refractivity contribution < 1.29 is 0 Å². The highest BCUT2D eigenvalue weighted by Crippen LogP contribution is 2.24. The summed E-state index contributed by atoms with van der Waals surface area (Å²) in [5.41, 5.74) is 10.1. The molecule has 1 aromatic heterocycles. The molecule has 1 unspecified atom stereocenters. The number of aromatic nitrogens is 1. The van der Waals surface area contributed by atoms with Crippen molar-refractivity contribution >= 4 is 11.4 Å². The summed E-state index contributed by atoms with van der Waals surface area (Å²) in [4.78, 5) is 4.02. The second-order valence-corrected chi connectivity index (χ2v) is 4.17. The van der Waals surface area contributed by atoms with Gasteiger partial charge in [0.1, 0.15) is 0 Å². The van der Waals surface area contributed by atoms with Crippen LogP contribution in [0.25, 0.3) is 0 Å². The predicted molar refractivity (Wildman–Crippen MR) is 71.9 cm³/mol. The summed E-state index contributed by atoms with van der Waals surface area (Å²) in [5.74, 6) is 0. The molecule has 0 saturated carbocycles. The van der Waals surface area contributed by atoms with Gasteiger partial charge in [0.15, 0.2) is 0 Å². The Bertz CT molecular complexity index is 494. The fourth-order valence-corrected chi connectivity index (χ4v) is 1.78. The molecule has 1 aromatic carbocycles. The molecule has 0 aliphatic rings. The monoisotopic (exact) mass is 227 g/mol. The maximum absolute atomic E-state index is 5.89. The Morgan fingerprint density at radius 3 is 2.59 bits per heavy atom. The number of nitrogens with one attached hydrogen (secondary N) is 1. The van der Waals surface area contributed by atoms with Gasteiger partial charge in [0.25, 0.3) is 0 Å². The highest BCUT2D eigenvalue weighted by molar-refractivity contribution is 5.63. The average molecular weight is 227 g/mol. The molecule has 0 aliphatic heterocycles. The molecule has 0 spiro atoms. The van der Waals surface area contributed by atoms with Crippen molar-refractivity contribution in [3.8, 4) is 0 Å². The minimum absolute atomic E-state index is 0.235. The van der Waals surface area contributed by atoms with E-state index in [2.05, 4.69) is 17.2 Å². The van der Waals surface area contributed by atoms with E-state index in [0.717, 1.165) is 16.9 Å². The SMILES string of the molecule is Cc1c(N)cccc1NC(C)c1ccncc1. The van der Waals surface area contributed by atoms with E-state index in [0.29, 0.717) is 0 Å². The summed E-state index contributed by atoms with van der Waals surface area (Å²) in [5, 5.41) is 3.46. The van der Waals surface area contributed by atoms with Crippen LogP contribution in [0.15, 0.2) is 42.7 Å². The lowest BCUT2D eigenvalue weighted by atomic mass is 10.1. The zero-order valence-corrected chi connectivity index (χ0v) is 10.1. The van der Waals surface area contributed by atoms with E-state index in [9.17, 15) is 0 Å². The predicted octanol–water partition coefficient (Wildman–Crippen LogP) is 3.15. The quantitative estimate of drug-likeness (QED) is 0.792. The minimum Gasteiger partial charge on any atom is -0.398 e. The molecule has 2 aromatic rings. The van der Waals surface area contributed by atoms with E-state index in [1.54, 1.807) is 12.4 Å². The van der Waals surface area contributed by atoms with Crippen LogP contribution in [-0.4, -0.2) is 4.98 Å². The minimum atomic E-state index is 0.235. The van der Waals surface area contributed by atoms with Crippen molar-refractivity contribution in [2.24, 2.45) is 0 Å². The van der Waals surface area contributed by atoms with Gasteiger partial charge in [0, 0.05) is 29.8 Å². The zero-order chi connectivity index (χ0) is 12.3. The van der Waals surface area contributed by atoms with Gasteiger partial charge in [-0.3, -0.25) is 4.98 Å². The smallest absolute Gasteiger partial charge is 0.0486 e. The number of nitrogens with two attached hydrogens (primary N) is 1. The Morgan fingerprint density at radius 2 is 1.88 bits per heavy atom. The summed E-state index contributed by atoms with van der Waals surface area (Å²) in [6.45, 7) is 4.15. The van der Waals surface area contributed by atoms with Crippen LogP contribution < -0.4 is 11.1 Å². The molecule has 2 rings (SSSR count). The van der Waals surface area contributed by atoms with E-state index in [-0.39, 0.29) is 6.04 Å².